The zero-order valence-electron chi connectivity index (χ0n) is 10.9. The Balaban J connectivity index is 0.00000162. The second-order valence-corrected chi connectivity index (χ2v) is 5.46. The minimum Gasteiger partial charge on any atom is -0.304 e. The number of nitrogens with zero attached hydrogens (tertiary/aromatic N) is 2. The third-order valence-electron chi connectivity index (χ3n) is 3.30. The van der Waals surface area contributed by atoms with Gasteiger partial charge in [-0.2, -0.15) is 0 Å². The van der Waals surface area contributed by atoms with Crippen molar-refractivity contribution in [3.05, 3.63) is 33.8 Å². The zero-order chi connectivity index (χ0) is 12.3. The quantitative estimate of drug-likeness (QED) is 0.711. The molecule has 0 aromatic heterocycles. The SMILES string of the molecule is Br.Br.CN1CCN(CCc2ccc(Cl)c(Cl)c2)CC1. The summed E-state index contributed by atoms with van der Waals surface area (Å²) in [6, 6.07) is 5.91. The van der Waals surface area contributed by atoms with Crippen LogP contribution >= 0.6 is 57.2 Å². The Kier molecular flexibility index (Phi) is 9.93. The normalized spacial score (nSPS) is 16.6. The first-order valence-electron chi connectivity index (χ1n) is 6.00. The fraction of sp³-hybridized carbons (Fsp3) is 0.538. The molecule has 0 saturated carbocycles. The van der Waals surface area contributed by atoms with Crippen LogP contribution < -0.4 is 0 Å². The Bertz CT molecular complexity index is 383. The molecule has 0 aliphatic carbocycles. The molecule has 0 radical (unpaired) electrons. The Labute approximate surface area is 146 Å². The maximum absolute atomic E-state index is 6.00. The molecule has 1 aliphatic rings. The lowest BCUT2D eigenvalue weighted by molar-refractivity contribution is 0.155. The van der Waals surface area contributed by atoms with Crippen LogP contribution in [-0.4, -0.2) is 49.6 Å². The molecule has 1 aromatic rings. The van der Waals surface area contributed by atoms with Gasteiger partial charge in [-0.15, -0.1) is 34.0 Å². The Morgan fingerprint density at radius 3 is 2.21 bits per heavy atom. The minimum atomic E-state index is 0. The predicted octanol–water partition coefficient (Wildman–Crippen LogP) is 3.94. The van der Waals surface area contributed by atoms with Crippen LogP contribution in [0, 0.1) is 0 Å². The van der Waals surface area contributed by atoms with E-state index in [1.54, 1.807) is 0 Å². The molecule has 0 atom stereocenters. The number of likely N-dealkylation sites (N-methyl/N-ethyl adjacent to an activating group) is 1. The molecule has 0 bridgehead atoms. The van der Waals surface area contributed by atoms with E-state index in [-0.39, 0.29) is 34.0 Å². The van der Waals surface area contributed by atoms with Crippen LogP contribution in [-0.2, 0) is 6.42 Å². The van der Waals surface area contributed by atoms with Crippen molar-refractivity contribution in [3.63, 3.8) is 0 Å². The van der Waals surface area contributed by atoms with E-state index >= 15 is 0 Å². The first-order valence-corrected chi connectivity index (χ1v) is 6.75. The predicted molar refractivity (Wildman–Crippen MR) is 94.7 cm³/mol. The third-order valence-corrected chi connectivity index (χ3v) is 4.04. The summed E-state index contributed by atoms with van der Waals surface area (Å²) in [5, 5.41) is 1.29. The second-order valence-electron chi connectivity index (χ2n) is 4.64. The van der Waals surface area contributed by atoms with Gasteiger partial charge in [0.1, 0.15) is 0 Å². The van der Waals surface area contributed by atoms with E-state index in [2.05, 4.69) is 22.9 Å². The van der Waals surface area contributed by atoms with Crippen molar-refractivity contribution in [2.45, 2.75) is 6.42 Å². The molecule has 0 amide bonds. The van der Waals surface area contributed by atoms with Crippen molar-refractivity contribution >= 4 is 57.2 Å². The maximum atomic E-state index is 6.00. The second kappa shape index (κ2) is 9.59. The highest BCUT2D eigenvalue weighted by Crippen LogP contribution is 2.22. The van der Waals surface area contributed by atoms with E-state index in [4.69, 9.17) is 23.2 Å². The zero-order valence-corrected chi connectivity index (χ0v) is 15.9. The smallest absolute Gasteiger partial charge is 0.0595 e. The van der Waals surface area contributed by atoms with Crippen molar-refractivity contribution in [2.24, 2.45) is 0 Å². The standard InChI is InChI=1S/C13H18Cl2N2.2BrH/c1-16-6-8-17(9-7-16)5-4-11-2-3-12(14)13(15)10-11;;/h2-3,10H,4-9H2,1H3;2*1H. The lowest BCUT2D eigenvalue weighted by Gasteiger charge is -2.32. The highest BCUT2D eigenvalue weighted by Gasteiger charge is 2.13. The van der Waals surface area contributed by atoms with Crippen LogP contribution in [0.2, 0.25) is 10.0 Å². The molecule has 0 unspecified atom stereocenters. The van der Waals surface area contributed by atoms with Crippen molar-refractivity contribution in [1.29, 1.82) is 0 Å². The molecule has 6 heteroatoms. The van der Waals surface area contributed by atoms with Gasteiger partial charge in [0.05, 0.1) is 10.0 Å². The third kappa shape index (κ3) is 6.32. The molecule has 0 spiro atoms. The topological polar surface area (TPSA) is 6.48 Å². The van der Waals surface area contributed by atoms with Crippen LogP contribution in [0.3, 0.4) is 0 Å². The monoisotopic (exact) mass is 432 g/mol. The summed E-state index contributed by atoms with van der Waals surface area (Å²) in [5.41, 5.74) is 1.26. The van der Waals surface area contributed by atoms with Crippen LogP contribution in [0.4, 0.5) is 0 Å². The molecule has 19 heavy (non-hydrogen) atoms. The van der Waals surface area contributed by atoms with Gasteiger partial charge in [0.2, 0.25) is 0 Å². The summed E-state index contributed by atoms with van der Waals surface area (Å²) < 4.78 is 0. The molecule has 2 rings (SSSR count). The average Bonchev–Trinajstić information content (AvgIpc) is 2.33. The molecule has 1 aromatic carbocycles. The summed E-state index contributed by atoms with van der Waals surface area (Å²) in [7, 11) is 2.18. The lowest BCUT2D eigenvalue weighted by Crippen LogP contribution is -2.45. The summed E-state index contributed by atoms with van der Waals surface area (Å²) in [4.78, 5) is 4.87. The first kappa shape index (κ1) is 19.7. The lowest BCUT2D eigenvalue weighted by atomic mass is 10.1. The number of rotatable bonds is 3. The van der Waals surface area contributed by atoms with Gasteiger partial charge >= 0.3 is 0 Å². The molecule has 1 fully saturated rings. The highest BCUT2D eigenvalue weighted by molar-refractivity contribution is 8.93. The molecule has 110 valence electrons. The summed E-state index contributed by atoms with van der Waals surface area (Å²) in [6.07, 6.45) is 1.04. The number of piperazine rings is 1. The minimum absolute atomic E-state index is 0. The van der Waals surface area contributed by atoms with Gasteiger partial charge in [0, 0.05) is 32.7 Å². The largest absolute Gasteiger partial charge is 0.304 e. The fourth-order valence-electron chi connectivity index (χ4n) is 2.05. The molecule has 2 nitrogen and oxygen atoms in total. The Morgan fingerprint density at radius 2 is 1.63 bits per heavy atom. The molecule has 1 saturated heterocycles. The van der Waals surface area contributed by atoms with Gasteiger partial charge in [-0.05, 0) is 31.2 Å². The van der Waals surface area contributed by atoms with E-state index in [0.29, 0.717) is 10.0 Å². The summed E-state index contributed by atoms with van der Waals surface area (Å²) >= 11 is 11.9. The van der Waals surface area contributed by atoms with E-state index < -0.39 is 0 Å². The van der Waals surface area contributed by atoms with Crippen molar-refractivity contribution in [2.75, 3.05) is 39.8 Å². The van der Waals surface area contributed by atoms with Gasteiger partial charge in [0.25, 0.3) is 0 Å². The van der Waals surface area contributed by atoms with E-state index in [9.17, 15) is 0 Å². The number of hydrogen-bond acceptors (Lipinski definition) is 2. The molecule has 1 heterocycles. The fourth-order valence-corrected chi connectivity index (χ4v) is 2.37. The maximum Gasteiger partial charge on any atom is 0.0595 e. The molecule has 0 N–H and O–H groups in total. The average molecular weight is 435 g/mol. The molecular weight excluding hydrogens is 415 g/mol. The van der Waals surface area contributed by atoms with Gasteiger partial charge in [-0.3, -0.25) is 0 Å². The molecular formula is C13H20Br2Cl2N2. The Morgan fingerprint density at radius 1 is 1.00 bits per heavy atom. The van der Waals surface area contributed by atoms with Crippen LogP contribution in [0.5, 0.6) is 0 Å². The van der Waals surface area contributed by atoms with Crippen molar-refractivity contribution in [1.82, 2.24) is 9.80 Å². The van der Waals surface area contributed by atoms with Crippen LogP contribution in [0.15, 0.2) is 18.2 Å². The number of halogens is 4. The van der Waals surface area contributed by atoms with E-state index in [0.717, 1.165) is 26.1 Å². The van der Waals surface area contributed by atoms with Gasteiger partial charge in [-0.25, -0.2) is 0 Å². The van der Waals surface area contributed by atoms with Crippen LogP contribution in [0.1, 0.15) is 5.56 Å². The highest BCUT2D eigenvalue weighted by atomic mass is 79.9. The Hall–Kier alpha value is 0.680. The van der Waals surface area contributed by atoms with Gasteiger partial charge in [-0.1, -0.05) is 29.3 Å². The summed E-state index contributed by atoms with van der Waals surface area (Å²) in [5.74, 6) is 0. The molecule has 1 aliphatic heterocycles. The first-order chi connectivity index (χ1) is 8.15. The van der Waals surface area contributed by atoms with E-state index in [1.165, 1.54) is 18.7 Å². The number of benzene rings is 1. The van der Waals surface area contributed by atoms with E-state index in [1.807, 2.05) is 12.1 Å². The van der Waals surface area contributed by atoms with Crippen molar-refractivity contribution in [3.8, 4) is 0 Å². The van der Waals surface area contributed by atoms with Crippen molar-refractivity contribution < 1.29 is 0 Å². The van der Waals surface area contributed by atoms with Gasteiger partial charge < -0.3 is 9.80 Å². The number of hydrogen-bond donors (Lipinski definition) is 0. The van der Waals surface area contributed by atoms with Crippen LogP contribution in [0.25, 0.3) is 0 Å². The van der Waals surface area contributed by atoms with Gasteiger partial charge in [0.15, 0.2) is 0 Å². The summed E-state index contributed by atoms with van der Waals surface area (Å²) in [6.45, 7) is 5.77.